The van der Waals surface area contributed by atoms with Gasteiger partial charge in [-0.2, -0.15) is 0 Å². The Morgan fingerprint density at radius 3 is 2.82 bits per heavy atom. The minimum atomic E-state index is -0.903. The summed E-state index contributed by atoms with van der Waals surface area (Å²) >= 11 is 0. The second-order valence-electron chi connectivity index (χ2n) is 4.58. The van der Waals surface area contributed by atoms with Crippen molar-refractivity contribution in [2.45, 2.75) is 24.8 Å². The molecule has 0 aromatic heterocycles. The highest BCUT2D eigenvalue weighted by Crippen LogP contribution is 2.38. The zero-order chi connectivity index (χ0) is 12.0. The van der Waals surface area contributed by atoms with E-state index in [1.807, 2.05) is 12.1 Å². The van der Waals surface area contributed by atoms with Gasteiger partial charge in [0, 0.05) is 5.69 Å². The van der Waals surface area contributed by atoms with Crippen LogP contribution in [0.5, 0.6) is 0 Å². The Morgan fingerprint density at radius 1 is 1.29 bits per heavy atom. The first-order chi connectivity index (χ1) is 8.12. The average molecular weight is 231 g/mol. The number of amides is 3. The topological polar surface area (TPSA) is 84.2 Å². The summed E-state index contributed by atoms with van der Waals surface area (Å²) in [6.07, 6.45) is 2.42. The molecule has 1 aromatic rings. The van der Waals surface area contributed by atoms with Crippen molar-refractivity contribution in [2.75, 3.05) is 5.73 Å². The van der Waals surface area contributed by atoms with Gasteiger partial charge in [-0.1, -0.05) is 6.07 Å². The lowest BCUT2D eigenvalue weighted by Crippen LogP contribution is -2.46. The predicted octanol–water partition coefficient (Wildman–Crippen LogP) is 0.640. The van der Waals surface area contributed by atoms with Gasteiger partial charge < -0.3 is 11.1 Å². The van der Waals surface area contributed by atoms with Crippen LogP contribution in [0, 0.1) is 0 Å². The molecule has 1 aromatic carbocycles. The van der Waals surface area contributed by atoms with Gasteiger partial charge in [0.15, 0.2) is 0 Å². The van der Waals surface area contributed by atoms with Crippen LogP contribution in [-0.4, -0.2) is 11.9 Å². The maximum atomic E-state index is 12.0. The van der Waals surface area contributed by atoms with Crippen LogP contribution >= 0.6 is 0 Å². The van der Waals surface area contributed by atoms with E-state index in [2.05, 4.69) is 10.6 Å². The lowest BCUT2D eigenvalue weighted by molar-refractivity contribution is -0.124. The molecular formula is C12H13N3O2. The fourth-order valence-electron chi connectivity index (χ4n) is 2.75. The van der Waals surface area contributed by atoms with Crippen molar-refractivity contribution in [3.63, 3.8) is 0 Å². The second kappa shape index (κ2) is 3.23. The number of nitrogen functional groups attached to an aromatic ring is 1. The third-order valence-corrected chi connectivity index (χ3v) is 3.53. The summed E-state index contributed by atoms with van der Waals surface area (Å²) in [5, 5.41) is 5.06. The van der Waals surface area contributed by atoms with Crippen molar-refractivity contribution in [1.29, 1.82) is 0 Å². The van der Waals surface area contributed by atoms with Crippen molar-refractivity contribution < 1.29 is 9.59 Å². The number of rotatable bonds is 0. The Balaban J connectivity index is 2.19. The molecule has 1 atom stereocenters. The van der Waals surface area contributed by atoms with Crippen LogP contribution in [0.15, 0.2) is 18.2 Å². The summed E-state index contributed by atoms with van der Waals surface area (Å²) in [6.45, 7) is 0. The Kier molecular flexibility index (Phi) is 1.92. The van der Waals surface area contributed by atoms with E-state index < -0.39 is 11.6 Å². The van der Waals surface area contributed by atoms with Crippen molar-refractivity contribution in [3.05, 3.63) is 29.3 Å². The lowest BCUT2D eigenvalue weighted by atomic mass is 9.76. The van der Waals surface area contributed by atoms with E-state index in [4.69, 9.17) is 5.73 Å². The molecule has 1 aliphatic heterocycles. The SMILES string of the molecule is Nc1ccc2c(c1)[C@]1(CCC2)NC(=O)NC1=O. The number of aryl methyl sites for hydroxylation is 1. The zero-order valence-electron chi connectivity index (χ0n) is 9.25. The van der Waals surface area contributed by atoms with Crippen molar-refractivity contribution in [2.24, 2.45) is 0 Å². The number of hydrogen-bond acceptors (Lipinski definition) is 3. The number of imide groups is 1. The first-order valence-electron chi connectivity index (χ1n) is 5.64. The molecule has 4 N–H and O–H groups in total. The molecule has 1 heterocycles. The average Bonchev–Trinajstić information content (AvgIpc) is 2.56. The minimum absolute atomic E-state index is 0.269. The van der Waals surface area contributed by atoms with E-state index in [0.717, 1.165) is 24.0 Å². The fourth-order valence-corrected chi connectivity index (χ4v) is 2.75. The molecule has 0 saturated carbocycles. The number of carbonyl (C=O) groups is 2. The van der Waals surface area contributed by atoms with Crippen LogP contribution in [0.25, 0.3) is 0 Å². The molecule has 1 saturated heterocycles. The van der Waals surface area contributed by atoms with Crippen molar-refractivity contribution in [1.82, 2.24) is 10.6 Å². The molecule has 1 spiro atoms. The first kappa shape index (κ1) is 10.1. The van der Waals surface area contributed by atoms with Crippen molar-refractivity contribution >= 4 is 17.6 Å². The first-order valence-corrected chi connectivity index (χ1v) is 5.64. The number of urea groups is 1. The van der Waals surface area contributed by atoms with E-state index in [9.17, 15) is 9.59 Å². The third-order valence-electron chi connectivity index (χ3n) is 3.53. The Bertz CT molecular complexity index is 526. The molecule has 2 aliphatic rings. The molecule has 17 heavy (non-hydrogen) atoms. The van der Waals surface area contributed by atoms with Crippen LogP contribution in [-0.2, 0) is 16.8 Å². The standard InChI is InChI=1S/C12H13N3O2/c13-8-4-3-7-2-1-5-12(9(7)6-8)10(16)14-11(17)15-12/h3-4,6H,1-2,5,13H2,(H2,14,15,16,17)/t12-/m0/s1. The highest BCUT2D eigenvalue weighted by molar-refractivity contribution is 6.07. The quantitative estimate of drug-likeness (QED) is 0.452. The van der Waals surface area contributed by atoms with Crippen LogP contribution in [0.1, 0.15) is 24.0 Å². The molecular weight excluding hydrogens is 218 g/mol. The van der Waals surface area contributed by atoms with E-state index in [-0.39, 0.29) is 5.91 Å². The molecule has 0 unspecified atom stereocenters. The Hall–Kier alpha value is -2.04. The highest BCUT2D eigenvalue weighted by atomic mass is 16.2. The highest BCUT2D eigenvalue weighted by Gasteiger charge is 2.49. The number of nitrogens with two attached hydrogens (primary N) is 1. The van der Waals surface area contributed by atoms with Gasteiger partial charge in [0.1, 0.15) is 5.54 Å². The number of carbonyl (C=O) groups excluding carboxylic acids is 2. The summed E-state index contributed by atoms with van der Waals surface area (Å²) < 4.78 is 0. The second-order valence-corrected chi connectivity index (χ2v) is 4.58. The van der Waals surface area contributed by atoms with Crippen LogP contribution in [0.2, 0.25) is 0 Å². The normalized spacial score (nSPS) is 26.6. The molecule has 5 heteroatoms. The maximum absolute atomic E-state index is 12.0. The maximum Gasteiger partial charge on any atom is 0.322 e. The molecule has 0 radical (unpaired) electrons. The number of hydrogen-bond donors (Lipinski definition) is 3. The lowest BCUT2D eigenvalue weighted by Gasteiger charge is -2.33. The summed E-state index contributed by atoms with van der Waals surface area (Å²) in [5.41, 5.74) is 7.40. The summed E-state index contributed by atoms with van der Waals surface area (Å²) in [7, 11) is 0. The number of anilines is 1. The van der Waals surface area contributed by atoms with Gasteiger partial charge in [-0.05, 0) is 42.5 Å². The summed E-state index contributed by atoms with van der Waals surface area (Å²) in [4.78, 5) is 23.3. The molecule has 0 bridgehead atoms. The van der Waals surface area contributed by atoms with Gasteiger partial charge in [-0.3, -0.25) is 10.1 Å². The van der Waals surface area contributed by atoms with Gasteiger partial charge in [-0.15, -0.1) is 0 Å². The van der Waals surface area contributed by atoms with Crippen molar-refractivity contribution in [3.8, 4) is 0 Å². The van der Waals surface area contributed by atoms with Gasteiger partial charge in [0.05, 0.1) is 0 Å². The molecule has 1 aliphatic carbocycles. The predicted molar refractivity (Wildman–Crippen MR) is 62.1 cm³/mol. The Morgan fingerprint density at radius 2 is 2.12 bits per heavy atom. The van der Waals surface area contributed by atoms with E-state index in [0.29, 0.717) is 12.1 Å². The number of nitrogens with one attached hydrogen (secondary N) is 2. The smallest absolute Gasteiger partial charge is 0.322 e. The fraction of sp³-hybridized carbons (Fsp3) is 0.333. The van der Waals surface area contributed by atoms with E-state index >= 15 is 0 Å². The van der Waals surface area contributed by atoms with Crippen LogP contribution in [0.3, 0.4) is 0 Å². The van der Waals surface area contributed by atoms with Crippen LogP contribution in [0.4, 0.5) is 10.5 Å². The van der Waals surface area contributed by atoms with Gasteiger partial charge in [0.25, 0.3) is 5.91 Å². The molecule has 3 rings (SSSR count). The zero-order valence-corrected chi connectivity index (χ0v) is 9.25. The van der Waals surface area contributed by atoms with Gasteiger partial charge in [-0.25, -0.2) is 4.79 Å². The molecule has 88 valence electrons. The molecule has 3 amide bonds. The summed E-state index contributed by atoms with van der Waals surface area (Å²) in [5.74, 6) is -0.269. The largest absolute Gasteiger partial charge is 0.399 e. The monoisotopic (exact) mass is 231 g/mol. The van der Waals surface area contributed by atoms with Gasteiger partial charge >= 0.3 is 6.03 Å². The van der Waals surface area contributed by atoms with Crippen LogP contribution < -0.4 is 16.4 Å². The minimum Gasteiger partial charge on any atom is -0.399 e. The molecule has 1 fully saturated rings. The third kappa shape index (κ3) is 1.32. The Labute approximate surface area is 98.4 Å². The summed E-state index contributed by atoms with van der Waals surface area (Å²) in [6, 6.07) is 5.13. The number of benzene rings is 1. The van der Waals surface area contributed by atoms with E-state index in [1.54, 1.807) is 6.07 Å². The van der Waals surface area contributed by atoms with Gasteiger partial charge in [0.2, 0.25) is 0 Å². The number of fused-ring (bicyclic) bond motifs is 2. The van der Waals surface area contributed by atoms with E-state index in [1.165, 1.54) is 0 Å². The molecule has 5 nitrogen and oxygen atoms in total.